The maximum absolute atomic E-state index is 5.03. The fourth-order valence-electron chi connectivity index (χ4n) is 6.98. The second-order valence-electron chi connectivity index (χ2n) is 11.8. The van der Waals surface area contributed by atoms with Crippen LogP contribution in [0.5, 0.6) is 0 Å². The topological polar surface area (TPSA) is 35.1 Å². The van der Waals surface area contributed by atoms with E-state index in [1.807, 2.05) is 61.7 Å². The molecule has 10 rings (SSSR count). The molecule has 1 radical (unpaired) electrons. The first-order valence-electron chi connectivity index (χ1n) is 15.5. The maximum Gasteiger partial charge on any atom is 0.0777 e. The van der Waals surface area contributed by atoms with Crippen LogP contribution < -0.4 is 0 Å². The smallest absolute Gasteiger partial charge is 0.0777 e. The molecule has 0 spiro atoms. The van der Waals surface area contributed by atoms with E-state index < -0.39 is 0 Å². The number of aromatic nitrogens is 4. The van der Waals surface area contributed by atoms with Crippen molar-refractivity contribution in [3.8, 4) is 22.6 Å². The van der Waals surface area contributed by atoms with E-state index in [-0.39, 0.29) is 20.1 Å². The summed E-state index contributed by atoms with van der Waals surface area (Å²) in [6, 6.07) is 50.7. The van der Waals surface area contributed by atoms with E-state index in [1.54, 1.807) is 0 Å². The number of para-hydroxylation sites is 2. The molecule has 227 valence electrons. The number of aryl methyl sites for hydroxylation is 2. The number of nitrogens with zero attached hydrogens (tertiary/aromatic N) is 4. The first kappa shape index (κ1) is 29.1. The molecule has 0 saturated heterocycles. The Morgan fingerprint density at radius 1 is 0.617 bits per heavy atom. The van der Waals surface area contributed by atoms with Crippen LogP contribution in [-0.2, 0) is 27.2 Å². The summed E-state index contributed by atoms with van der Waals surface area (Å²) < 4.78 is 4.68. The van der Waals surface area contributed by atoms with Crippen LogP contribution in [0.2, 0.25) is 0 Å². The van der Waals surface area contributed by atoms with Crippen LogP contribution in [0.4, 0.5) is 0 Å². The zero-order valence-electron chi connectivity index (χ0n) is 25.8. The van der Waals surface area contributed by atoms with Crippen LogP contribution in [-0.4, -0.2) is 18.9 Å². The van der Waals surface area contributed by atoms with E-state index in [2.05, 4.69) is 112 Å². The van der Waals surface area contributed by atoms with Gasteiger partial charge in [-0.05, 0) is 47.8 Å². The van der Waals surface area contributed by atoms with Gasteiger partial charge in [0.2, 0.25) is 0 Å². The summed E-state index contributed by atoms with van der Waals surface area (Å²) in [7, 11) is 2.12. The summed E-state index contributed by atoms with van der Waals surface area (Å²) >= 11 is 0. The number of imidazole rings is 1. The number of hydrogen-bond donors (Lipinski definition) is 0. The first-order chi connectivity index (χ1) is 22.7. The van der Waals surface area contributed by atoms with E-state index in [0.717, 1.165) is 28.2 Å². The van der Waals surface area contributed by atoms with Gasteiger partial charge in [0, 0.05) is 60.3 Å². The van der Waals surface area contributed by atoms with Crippen molar-refractivity contribution < 1.29 is 20.1 Å². The molecule has 6 aromatic carbocycles. The van der Waals surface area contributed by atoms with Crippen molar-refractivity contribution in [2.24, 2.45) is 7.05 Å². The van der Waals surface area contributed by atoms with Crippen LogP contribution in [0, 0.1) is 19.1 Å². The molecule has 0 aliphatic carbocycles. The van der Waals surface area contributed by atoms with E-state index in [0.29, 0.717) is 0 Å². The molecule has 10 aromatic rings. The normalized spacial score (nSPS) is 11.4. The molecule has 0 saturated carbocycles. The minimum Gasteiger partial charge on any atom is -0.366 e. The van der Waals surface area contributed by atoms with Gasteiger partial charge < -0.3 is 14.0 Å². The van der Waals surface area contributed by atoms with Crippen molar-refractivity contribution >= 4 is 59.9 Å². The molecule has 0 atom stereocenters. The monoisotopic (exact) mass is 781 g/mol. The SMILES string of the molecule is Cc1ccc(-c2[c-]cccc2)nc1.Cn1c(-c2[c-]cccc2)nc2ccc3cc4c5ccccc5n5c6ccccc6c(c3c21)c45.[Ir]. The summed E-state index contributed by atoms with van der Waals surface area (Å²) in [4.78, 5) is 9.35. The molecule has 47 heavy (non-hydrogen) atoms. The van der Waals surface area contributed by atoms with Gasteiger partial charge in [-0.2, -0.15) is 0 Å². The van der Waals surface area contributed by atoms with Crippen LogP contribution in [0.15, 0.2) is 134 Å². The molecule has 5 heteroatoms. The van der Waals surface area contributed by atoms with Gasteiger partial charge in [0.1, 0.15) is 0 Å². The van der Waals surface area contributed by atoms with Gasteiger partial charge in [-0.1, -0.05) is 54.6 Å². The number of hydrogen-bond acceptors (Lipinski definition) is 2. The summed E-state index contributed by atoms with van der Waals surface area (Å²) in [6.07, 6.45) is 1.87. The fourth-order valence-corrected chi connectivity index (χ4v) is 6.98. The van der Waals surface area contributed by atoms with E-state index in [9.17, 15) is 0 Å². The fraction of sp³-hybridized carbons (Fsp3) is 0.0476. The molecule has 0 N–H and O–H groups in total. The Labute approximate surface area is 285 Å². The van der Waals surface area contributed by atoms with Crippen molar-refractivity contribution in [1.29, 1.82) is 0 Å². The van der Waals surface area contributed by atoms with Crippen molar-refractivity contribution in [2.45, 2.75) is 6.92 Å². The summed E-state index contributed by atoms with van der Waals surface area (Å²) in [6.45, 7) is 2.03. The van der Waals surface area contributed by atoms with Crippen LogP contribution >= 0.6 is 0 Å². The van der Waals surface area contributed by atoms with Gasteiger partial charge in [0.15, 0.2) is 0 Å². The molecule has 0 fully saturated rings. The van der Waals surface area contributed by atoms with Crippen molar-refractivity contribution in [2.75, 3.05) is 0 Å². The Bertz CT molecular complexity index is 2690. The third kappa shape index (κ3) is 4.54. The van der Waals surface area contributed by atoms with Gasteiger partial charge in [0.25, 0.3) is 0 Å². The Morgan fingerprint density at radius 2 is 1.30 bits per heavy atom. The minimum atomic E-state index is 0. The van der Waals surface area contributed by atoms with E-state index >= 15 is 0 Å². The number of rotatable bonds is 2. The Hall–Kier alpha value is -5.35. The van der Waals surface area contributed by atoms with Crippen LogP contribution in [0.3, 0.4) is 0 Å². The summed E-state index contributed by atoms with van der Waals surface area (Å²) in [5.74, 6) is 0.942. The second-order valence-corrected chi connectivity index (χ2v) is 11.8. The van der Waals surface area contributed by atoms with Gasteiger partial charge in [-0.3, -0.25) is 4.98 Å². The zero-order valence-corrected chi connectivity index (χ0v) is 28.2. The molecule has 4 nitrogen and oxygen atoms in total. The van der Waals surface area contributed by atoms with Crippen molar-refractivity contribution in [3.63, 3.8) is 0 Å². The summed E-state index contributed by atoms with van der Waals surface area (Å²) in [5.41, 5.74) is 10.2. The molecular formula is C42H28IrN4-2. The Kier molecular flexibility index (Phi) is 7.09. The third-order valence-electron chi connectivity index (χ3n) is 9.03. The van der Waals surface area contributed by atoms with Crippen LogP contribution in [0.25, 0.3) is 82.5 Å². The van der Waals surface area contributed by atoms with Gasteiger partial charge in [-0.15, -0.1) is 71.8 Å². The Morgan fingerprint density at radius 3 is 2.00 bits per heavy atom. The van der Waals surface area contributed by atoms with Gasteiger partial charge in [0.05, 0.1) is 33.4 Å². The number of fused-ring (bicyclic) bond motifs is 10. The molecule has 0 unspecified atom stereocenters. The zero-order chi connectivity index (χ0) is 30.8. The molecular weight excluding hydrogens is 753 g/mol. The quantitative estimate of drug-likeness (QED) is 0.164. The number of pyridine rings is 1. The summed E-state index contributed by atoms with van der Waals surface area (Å²) in [5, 5.41) is 7.72. The van der Waals surface area contributed by atoms with Gasteiger partial charge >= 0.3 is 0 Å². The number of benzene rings is 6. The largest absolute Gasteiger partial charge is 0.366 e. The van der Waals surface area contributed by atoms with E-state index in [1.165, 1.54) is 59.9 Å². The molecule has 4 aromatic heterocycles. The van der Waals surface area contributed by atoms with E-state index in [4.69, 9.17) is 4.98 Å². The van der Waals surface area contributed by atoms with Gasteiger partial charge in [-0.25, -0.2) is 0 Å². The predicted octanol–water partition coefficient (Wildman–Crippen LogP) is 10.2. The van der Waals surface area contributed by atoms with Crippen molar-refractivity contribution in [1.82, 2.24) is 18.9 Å². The Balaban J connectivity index is 0.000000196. The molecule has 0 aliphatic heterocycles. The van der Waals surface area contributed by atoms with Crippen molar-refractivity contribution in [3.05, 3.63) is 151 Å². The van der Waals surface area contributed by atoms with Crippen LogP contribution in [0.1, 0.15) is 5.56 Å². The third-order valence-corrected chi connectivity index (χ3v) is 9.03. The molecule has 0 amide bonds. The molecule has 4 heterocycles. The standard InChI is InChI=1S/C30H18N3.C12H10N.Ir/c1-32-29-23(31-30(32)18-9-3-2-4-10-18)16-15-19-17-22-20-11-5-7-13-24(20)33-25-14-8-6-12-21(25)27(26(19)29)28(22)33;1-10-7-8-12(13-9-10)11-5-3-2-4-6-11;/h2-9,11-17H,1H3;2-5,7-9H,1H3;/q2*-1;. The molecule has 0 aliphatic rings. The maximum atomic E-state index is 5.03. The minimum absolute atomic E-state index is 0. The predicted molar refractivity (Wildman–Crippen MR) is 190 cm³/mol. The average Bonchev–Trinajstić information content (AvgIpc) is 3.76. The first-order valence-corrected chi connectivity index (χ1v) is 15.5. The second kappa shape index (κ2) is 11.5. The molecule has 0 bridgehead atoms. The average molecular weight is 781 g/mol.